The lowest BCUT2D eigenvalue weighted by molar-refractivity contribution is -0.142. The number of carbonyl (C=O) groups excluding carboxylic acids is 1. The van der Waals surface area contributed by atoms with E-state index in [1.807, 2.05) is 13.0 Å². The summed E-state index contributed by atoms with van der Waals surface area (Å²) in [5.74, 6) is -1.47. The Labute approximate surface area is 107 Å². The Morgan fingerprint density at radius 2 is 2.06 bits per heavy atom. The molecule has 0 aliphatic heterocycles. The van der Waals surface area contributed by atoms with E-state index in [-0.39, 0.29) is 0 Å². The Bertz CT molecular complexity index is 368. The average molecular weight is 255 g/mol. The third-order valence-corrected chi connectivity index (χ3v) is 2.77. The summed E-state index contributed by atoms with van der Waals surface area (Å²) in [6.45, 7) is 7.21. The average Bonchev–Trinajstić information content (AvgIpc) is 2.17. The van der Waals surface area contributed by atoms with Gasteiger partial charge in [0.05, 0.1) is 5.92 Å². The number of carbonyl (C=O) groups is 2. The molecule has 0 spiro atoms. The number of rotatable bonds is 2. The first-order chi connectivity index (χ1) is 8.19. The highest BCUT2D eigenvalue weighted by Gasteiger charge is 2.32. The van der Waals surface area contributed by atoms with Crippen molar-refractivity contribution in [3.05, 3.63) is 11.6 Å². The van der Waals surface area contributed by atoms with Gasteiger partial charge in [-0.1, -0.05) is 11.6 Å². The summed E-state index contributed by atoms with van der Waals surface area (Å²) in [7, 11) is 0. The molecule has 1 rings (SSSR count). The molecule has 1 amide bonds. The number of allylic oxidation sites excluding steroid dienone is 1. The van der Waals surface area contributed by atoms with Crippen molar-refractivity contribution in [1.29, 1.82) is 0 Å². The molecule has 0 radical (unpaired) electrons. The molecular weight excluding hydrogens is 234 g/mol. The zero-order valence-corrected chi connectivity index (χ0v) is 11.3. The second-order valence-corrected chi connectivity index (χ2v) is 5.69. The molecule has 0 aromatic rings. The van der Waals surface area contributed by atoms with E-state index in [9.17, 15) is 9.59 Å². The van der Waals surface area contributed by atoms with Crippen LogP contribution in [0.5, 0.6) is 0 Å². The summed E-state index contributed by atoms with van der Waals surface area (Å²) >= 11 is 0. The molecule has 0 saturated carbocycles. The van der Waals surface area contributed by atoms with E-state index in [0.29, 0.717) is 12.8 Å². The van der Waals surface area contributed by atoms with Gasteiger partial charge in [0.2, 0.25) is 0 Å². The Hall–Kier alpha value is -1.52. The molecule has 5 nitrogen and oxygen atoms in total. The predicted octanol–water partition coefficient (Wildman–Crippen LogP) is 2.32. The van der Waals surface area contributed by atoms with E-state index < -0.39 is 29.6 Å². The summed E-state index contributed by atoms with van der Waals surface area (Å²) in [5, 5.41) is 11.8. The number of ether oxygens (including phenoxy) is 1. The highest BCUT2D eigenvalue weighted by atomic mass is 16.6. The number of amides is 1. The third-order valence-electron chi connectivity index (χ3n) is 2.77. The molecule has 102 valence electrons. The molecule has 0 bridgehead atoms. The normalized spacial score (nSPS) is 24.1. The number of hydrogen-bond donors (Lipinski definition) is 2. The van der Waals surface area contributed by atoms with Crippen molar-refractivity contribution in [2.45, 2.75) is 52.2 Å². The maximum atomic E-state index is 11.6. The lowest BCUT2D eigenvalue weighted by Crippen LogP contribution is -2.46. The first-order valence-electron chi connectivity index (χ1n) is 6.07. The quantitative estimate of drug-likeness (QED) is 0.742. The summed E-state index contributed by atoms with van der Waals surface area (Å²) < 4.78 is 5.13. The molecule has 0 unspecified atom stereocenters. The smallest absolute Gasteiger partial charge is 0.407 e. The van der Waals surface area contributed by atoms with E-state index in [0.717, 1.165) is 5.57 Å². The molecule has 0 aromatic carbocycles. The van der Waals surface area contributed by atoms with Crippen LogP contribution in [0.2, 0.25) is 0 Å². The number of carboxylic acids is 1. The van der Waals surface area contributed by atoms with Crippen molar-refractivity contribution in [3.8, 4) is 0 Å². The van der Waals surface area contributed by atoms with Gasteiger partial charge in [0.15, 0.2) is 0 Å². The minimum absolute atomic E-state index is 0.402. The Morgan fingerprint density at radius 3 is 2.56 bits per heavy atom. The van der Waals surface area contributed by atoms with Gasteiger partial charge >= 0.3 is 12.1 Å². The van der Waals surface area contributed by atoms with E-state index in [1.54, 1.807) is 20.8 Å². The van der Waals surface area contributed by atoms with Gasteiger partial charge in [0.1, 0.15) is 5.60 Å². The fourth-order valence-corrected chi connectivity index (χ4v) is 1.94. The van der Waals surface area contributed by atoms with Crippen LogP contribution in [0.25, 0.3) is 0 Å². The zero-order chi connectivity index (χ0) is 13.9. The van der Waals surface area contributed by atoms with E-state index in [4.69, 9.17) is 9.84 Å². The van der Waals surface area contributed by atoms with Crippen molar-refractivity contribution >= 4 is 12.1 Å². The van der Waals surface area contributed by atoms with Crippen LogP contribution in [0.4, 0.5) is 4.79 Å². The SMILES string of the molecule is CC1=CC[C@H](NC(=O)OC(C)(C)C)[C@@H](C(=O)O)C1. The predicted molar refractivity (Wildman–Crippen MR) is 67.3 cm³/mol. The number of alkyl carbamates (subject to hydrolysis) is 1. The number of aliphatic carboxylic acids is 1. The third kappa shape index (κ3) is 4.39. The van der Waals surface area contributed by atoms with Gasteiger partial charge < -0.3 is 15.2 Å². The monoisotopic (exact) mass is 255 g/mol. The van der Waals surface area contributed by atoms with E-state index >= 15 is 0 Å². The molecule has 0 heterocycles. The maximum Gasteiger partial charge on any atom is 0.407 e. The lowest BCUT2D eigenvalue weighted by atomic mass is 9.85. The molecule has 2 atom stereocenters. The van der Waals surface area contributed by atoms with Crippen molar-refractivity contribution < 1.29 is 19.4 Å². The number of hydrogen-bond acceptors (Lipinski definition) is 3. The second kappa shape index (κ2) is 5.42. The summed E-state index contributed by atoms with van der Waals surface area (Å²) in [4.78, 5) is 22.8. The van der Waals surface area contributed by atoms with Crippen molar-refractivity contribution in [2.24, 2.45) is 5.92 Å². The first-order valence-corrected chi connectivity index (χ1v) is 6.07. The fraction of sp³-hybridized carbons (Fsp3) is 0.692. The highest BCUT2D eigenvalue weighted by Crippen LogP contribution is 2.24. The van der Waals surface area contributed by atoms with Crippen molar-refractivity contribution in [2.75, 3.05) is 0 Å². The van der Waals surface area contributed by atoms with Gasteiger partial charge in [0, 0.05) is 6.04 Å². The molecule has 5 heteroatoms. The summed E-state index contributed by atoms with van der Waals surface area (Å²) in [6.07, 6.45) is 2.39. The molecule has 0 saturated heterocycles. The molecule has 18 heavy (non-hydrogen) atoms. The zero-order valence-electron chi connectivity index (χ0n) is 11.3. The van der Waals surface area contributed by atoms with Crippen LogP contribution in [0.3, 0.4) is 0 Å². The van der Waals surface area contributed by atoms with Gasteiger partial charge in [-0.3, -0.25) is 4.79 Å². The van der Waals surface area contributed by atoms with E-state index in [1.165, 1.54) is 0 Å². The van der Waals surface area contributed by atoms with Gasteiger partial charge in [-0.2, -0.15) is 0 Å². The Balaban J connectivity index is 2.65. The van der Waals surface area contributed by atoms with Crippen LogP contribution in [-0.4, -0.2) is 28.8 Å². The topological polar surface area (TPSA) is 75.6 Å². The van der Waals surface area contributed by atoms with Crippen molar-refractivity contribution in [3.63, 3.8) is 0 Å². The Kier molecular flexibility index (Phi) is 4.38. The largest absolute Gasteiger partial charge is 0.481 e. The minimum atomic E-state index is -0.886. The van der Waals surface area contributed by atoms with Crippen molar-refractivity contribution in [1.82, 2.24) is 5.32 Å². The number of carboxylic acid groups (broad SMARTS) is 1. The maximum absolute atomic E-state index is 11.6. The summed E-state index contributed by atoms with van der Waals surface area (Å²) in [6, 6.07) is -0.402. The second-order valence-electron chi connectivity index (χ2n) is 5.69. The lowest BCUT2D eigenvalue weighted by Gasteiger charge is -2.29. The van der Waals surface area contributed by atoms with Crippen LogP contribution < -0.4 is 5.32 Å². The van der Waals surface area contributed by atoms with Gasteiger partial charge in [-0.15, -0.1) is 0 Å². The van der Waals surface area contributed by atoms with Crippen LogP contribution in [0.15, 0.2) is 11.6 Å². The molecular formula is C13H21NO4. The van der Waals surface area contributed by atoms with Gasteiger partial charge in [-0.05, 0) is 40.5 Å². The number of nitrogens with one attached hydrogen (secondary N) is 1. The van der Waals surface area contributed by atoms with Crippen LogP contribution in [0, 0.1) is 5.92 Å². The van der Waals surface area contributed by atoms with Gasteiger partial charge in [-0.25, -0.2) is 4.79 Å². The first kappa shape index (κ1) is 14.5. The molecule has 0 aromatic heterocycles. The minimum Gasteiger partial charge on any atom is -0.481 e. The molecule has 1 aliphatic carbocycles. The molecule has 2 N–H and O–H groups in total. The van der Waals surface area contributed by atoms with Gasteiger partial charge in [0.25, 0.3) is 0 Å². The fourth-order valence-electron chi connectivity index (χ4n) is 1.94. The highest BCUT2D eigenvalue weighted by molar-refractivity contribution is 5.74. The van der Waals surface area contributed by atoms with Crippen LogP contribution >= 0.6 is 0 Å². The molecule has 0 fully saturated rings. The van der Waals surface area contributed by atoms with Crippen LogP contribution in [-0.2, 0) is 9.53 Å². The molecule has 1 aliphatic rings. The Morgan fingerprint density at radius 1 is 1.44 bits per heavy atom. The standard InChI is InChI=1S/C13H21NO4/c1-8-5-6-10(9(7-8)11(15)16)14-12(17)18-13(2,3)4/h5,9-10H,6-7H2,1-4H3,(H,14,17)(H,15,16)/t9-,10-/m0/s1. The van der Waals surface area contributed by atoms with Crippen LogP contribution in [0.1, 0.15) is 40.5 Å². The summed E-state index contributed by atoms with van der Waals surface area (Å²) in [5.41, 5.74) is 0.466. The van der Waals surface area contributed by atoms with E-state index in [2.05, 4.69) is 5.32 Å².